The normalized spacial score (nSPS) is 11.7. The predicted molar refractivity (Wildman–Crippen MR) is 115 cm³/mol. The number of amides is 1. The van der Waals surface area contributed by atoms with E-state index in [9.17, 15) is 14.0 Å². The average Bonchev–Trinajstić information content (AvgIpc) is 3.11. The Morgan fingerprint density at radius 3 is 2.47 bits per heavy atom. The zero-order valence-electron chi connectivity index (χ0n) is 16.1. The summed E-state index contributed by atoms with van der Waals surface area (Å²) in [4.78, 5) is 30.7. The van der Waals surface area contributed by atoms with E-state index in [4.69, 9.17) is 27.8 Å². The SMILES string of the molecule is COc1ccc(C(=O)c2sc(N(c3ccc(F)c(Cl)c3)[C@@H](C)C(N)=O)nc2N)cc1. The van der Waals surface area contributed by atoms with Crippen molar-refractivity contribution in [2.75, 3.05) is 17.7 Å². The van der Waals surface area contributed by atoms with Crippen molar-refractivity contribution < 1.29 is 18.7 Å². The fraction of sp³-hybridized carbons (Fsp3) is 0.150. The van der Waals surface area contributed by atoms with E-state index in [0.717, 1.165) is 11.3 Å². The molecule has 0 bridgehead atoms. The number of primary amides is 1. The molecule has 1 atom stereocenters. The first-order valence-corrected chi connectivity index (χ1v) is 9.91. The van der Waals surface area contributed by atoms with Crippen molar-refractivity contribution in [1.82, 2.24) is 4.98 Å². The minimum absolute atomic E-state index is 0.00528. The summed E-state index contributed by atoms with van der Waals surface area (Å²) in [5.41, 5.74) is 12.3. The number of carbonyl (C=O) groups is 2. The number of nitrogens with two attached hydrogens (primary N) is 2. The second-order valence-electron chi connectivity index (χ2n) is 6.32. The molecule has 0 spiro atoms. The highest BCUT2D eigenvalue weighted by Gasteiger charge is 2.27. The summed E-state index contributed by atoms with van der Waals surface area (Å²) >= 11 is 6.89. The van der Waals surface area contributed by atoms with Crippen LogP contribution in [-0.4, -0.2) is 29.8 Å². The quantitative estimate of drug-likeness (QED) is 0.532. The largest absolute Gasteiger partial charge is 0.497 e. The molecule has 1 heterocycles. The monoisotopic (exact) mass is 448 g/mol. The maximum absolute atomic E-state index is 13.6. The maximum Gasteiger partial charge on any atom is 0.240 e. The van der Waals surface area contributed by atoms with E-state index in [0.29, 0.717) is 17.0 Å². The van der Waals surface area contributed by atoms with Gasteiger partial charge in [0, 0.05) is 11.3 Å². The number of halogens is 2. The van der Waals surface area contributed by atoms with Crippen LogP contribution < -0.4 is 21.1 Å². The average molecular weight is 449 g/mol. The first-order chi connectivity index (χ1) is 14.2. The highest BCUT2D eigenvalue weighted by molar-refractivity contribution is 7.18. The van der Waals surface area contributed by atoms with Crippen LogP contribution in [0.1, 0.15) is 22.2 Å². The summed E-state index contributed by atoms with van der Waals surface area (Å²) in [6, 6.07) is 9.63. The summed E-state index contributed by atoms with van der Waals surface area (Å²) in [5.74, 6) is -0.971. The van der Waals surface area contributed by atoms with Gasteiger partial charge in [0.15, 0.2) is 5.13 Å². The lowest BCUT2D eigenvalue weighted by molar-refractivity contribution is -0.118. The van der Waals surface area contributed by atoms with Gasteiger partial charge in [0.05, 0.1) is 12.1 Å². The fourth-order valence-electron chi connectivity index (χ4n) is 2.72. The minimum Gasteiger partial charge on any atom is -0.497 e. The van der Waals surface area contributed by atoms with Gasteiger partial charge in [-0.05, 0) is 49.4 Å². The number of rotatable bonds is 7. The number of aromatic nitrogens is 1. The Labute approximate surface area is 181 Å². The van der Waals surface area contributed by atoms with Gasteiger partial charge in [-0.15, -0.1) is 0 Å². The smallest absolute Gasteiger partial charge is 0.240 e. The summed E-state index contributed by atoms with van der Waals surface area (Å²) in [6.07, 6.45) is 0. The van der Waals surface area contributed by atoms with Crippen LogP contribution in [0.3, 0.4) is 0 Å². The Balaban J connectivity index is 2.04. The molecule has 7 nitrogen and oxygen atoms in total. The topological polar surface area (TPSA) is 112 Å². The Kier molecular flexibility index (Phi) is 6.23. The maximum atomic E-state index is 13.6. The van der Waals surface area contributed by atoms with Gasteiger partial charge in [0.25, 0.3) is 0 Å². The summed E-state index contributed by atoms with van der Waals surface area (Å²) in [6.45, 7) is 1.56. The predicted octanol–water partition coefficient (Wildman–Crippen LogP) is 3.77. The highest BCUT2D eigenvalue weighted by Crippen LogP contribution is 2.37. The van der Waals surface area contributed by atoms with Crippen molar-refractivity contribution >= 4 is 51.3 Å². The van der Waals surface area contributed by atoms with Gasteiger partial charge in [-0.2, -0.15) is 0 Å². The van der Waals surface area contributed by atoms with E-state index in [2.05, 4.69) is 4.98 Å². The molecule has 0 saturated carbocycles. The van der Waals surface area contributed by atoms with Gasteiger partial charge in [-0.1, -0.05) is 22.9 Å². The summed E-state index contributed by atoms with van der Waals surface area (Å²) in [7, 11) is 1.53. The van der Waals surface area contributed by atoms with Crippen molar-refractivity contribution in [3.8, 4) is 5.75 Å². The zero-order chi connectivity index (χ0) is 22.0. The number of nitrogens with zero attached hydrogens (tertiary/aromatic N) is 2. The van der Waals surface area contributed by atoms with Gasteiger partial charge < -0.3 is 21.1 Å². The second-order valence-corrected chi connectivity index (χ2v) is 7.70. The molecule has 0 aliphatic rings. The molecule has 1 amide bonds. The van der Waals surface area contributed by atoms with E-state index >= 15 is 0 Å². The Hall–Kier alpha value is -3.17. The number of carbonyl (C=O) groups excluding carboxylic acids is 2. The molecule has 0 saturated heterocycles. The number of ether oxygens (including phenoxy) is 1. The van der Waals surface area contributed by atoms with Crippen molar-refractivity contribution in [3.05, 3.63) is 63.7 Å². The van der Waals surface area contributed by atoms with Gasteiger partial charge >= 0.3 is 0 Å². The molecule has 1 aromatic heterocycles. The molecule has 0 unspecified atom stereocenters. The van der Waals surface area contributed by atoms with Gasteiger partial charge in [0.1, 0.15) is 28.3 Å². The molecular formula is C20H18ClFN4O3S. The number of nitrogen functional groups attached to an aromatic ring is 1. The number of hydrogen-bond acceptors (Lipinski definition) is 7. The third-order valence-corrected chi connectivity index (χ3v) is 5.75. The molecule has 0 fully saturated rings. The second kappa shape index (κ2) is 8.68. The number of ketones is 1. The van der Waals surface area contributed by atoms with E-state index in [-0.39, 0.29) is 26.6 Å². The molecule has 156 valence electrons. The highest BCUT2D eigenvalue weighted by atomic mass is 35.5. The van der Waals surface area contributed by atoms with Crippen LogP contribution in [0, 0.1) is 5.82 Å². The molecule has 2 aromatic carbocycles. The van der Waals surface area contributed by atoms with Gasteiger partial charge in [-0.25, -0.2) is 9.37 Å². The van der Waals surface area contributed by atoms with Crippen LogP contribution in [0.25, 0.3) is 0 Å². The van der Waals surface area contributed by atoms with Gasteiger partial charge in [-0.3, -0.25) is 9.59 Å². The summed E-state index contributed by atoms with van der Waals surface area (Å²) in [5, 5.41) is 0.117. The van der Waals surface area contributed by atoms with E-state index in [1.54, 1.807) is 31.2 Å². The third kappa shape index (κ3) is 4.22. The molecule has 0 aliphatic carbocycles. The number of hydrogen-bond donors (Lipinski definition) is 2. The lowest BCUT2D eigenvalue weighted by Crippen LogP contribution is -2.40. The van der Waals surface area contributed by atoms with Crippen LogP contribution >= 0.6 is 22.9 Å². The molecule has 4 N–H and O–H groups in total. The van der Waals surface area contributed by atoms with Crippen LogP contribution in [0.5, 0.6) is 5.75 Å². The molecule has 10 heteroatoms. The molecule has 3 rings (SSSR count). The van der Waals surface area contributed by atoms with Crippen molar-refractivity contribution in [2.24, 2.45) is 5.73 Å². The van der Waals surface area contributed by atoms with Crippen molar-refractivity contribution in [2.45, 2.75) is 13.0 Å². The van der Waals surface area contributed by atoms with Crippen LogP contribution in [-0.2, 0) is 4.79 Å². The Morgan fingerprint density at radius 2 is 1.90 bits per heavy atom. The van der Waals surface area contributed by atoms with Crippen molar-refractivity contribution in [3.63, 3.8) is 0 Å². The minimum atomic E-state index is -0.860. The molecule has 0 radical (unpaired) electrons. The summed E-state index contributed by atoms with van der Waals surface area (Å²) < 4.78 is 18.7. The van der Waals surface area contributed by atoms with E-state index < -0.39 is 17.8 Å². The number of thiazole rings is 1. The van der Waals surface area contributed by atoms with E-state index in [1.165, 1.54) is 30.2 Å². The fourth-order valence-corrected chi connectivity index (χ4v) is 3.95. The Morgan fingerprint density at radius 1 is 1.23 bits per heavy atom. The van der Waals surface area contributed by atoms with Crippen LogP contribution in [0.4, 0.5) is 21.0 Å². The third-order valence-electron chi connectivity index (χ3n) is 4.39. The van der Waals surface area contributed by atoms with Crippen LogP contribution in [0.2, 0.25) is 5.02 Å². The molecule has 30 heavy (non-hydrogen) atoms. The van der Waals surface area contributed by atoms with Crippen LogP contribution in [0.15, 0.2) is 42.5 Å². The lowest BCUT2D eigenvalue weighted by Gasteiger charge is -2.26. The van der Waals surface area contributed by atoms with Crippen molar-refractivity contribution in [1.29, 1.82) is 0 Å². The molecule has 0 aliphatic heterocycles. The molecule has 3 aromatic rings. The standard InChI is InChI=1S/C20H18ClFN4O3S/c1-10(19(24)28)26(12-5-8-15(22)14(21)9-12)20-25-18(23)17(30-20)16(27)11-3-6-13(29-2)7-4-11/h3-10H,23H2,1-2H3,(H2,24,28)/t10-/m0/s1. The first kappa shape index (κ1) is 21.5. The number of anilines is 3. The molecular weight excluding hydrogens is 431 g/mol. The first-order valence-electron chi connectivity index (χ1n) is 8.71. The number of methoxy groups -OCH3 is 1. The van der Waals surface area contributed by atoms with E-state index in [1.807, 2.05) is 0 Å². The Bertz CT molecular complexity index is 1100. The number of benzene rings is 2. The van der Waals surface area contributed by atoms with Gasteiger partial charge in [0.2, 0.25) is 11.7 Å². The lowest BCUT2D eigenvalue weighted by atomic mass is 10.1. The zero-order valence-corrected chi connectivity index (χ0v) is 17.6.